The molecule has 24 heavy (non-hydrogen) atoms. The van der Waals surface area contributed by atoms with Crippen molar-refractivity contribution in [1.82, 2.24) is 10.2 Å². The maximum Gasteiger partial charge on any atom is 0.225 e. The molecular formula is C20H30N2O2. The van der Waals surface area contributed by atoms with Gasteiger partial charge in [0.25, 0.3) is 0 Å². The number of hydrogen-bond donors (Lipinski definition) is 1. The second kappa shape index (κ2) is 8.32. The van der Waals surface area contributed by atoms with Crippen molar-refractivity contribution in [2.45, 2.75) is 46.6 Å². The molecule has 2 amide bonds. The van der Waals surface area contributed by atoms with Crippen LogP contribution in [0, 0.1) is 17.8 Å². The Balaban J connectivity index is 1.94. The maximum atomic E-state index is 12.7. The summed E-state index contributed by atoms with van der Waals surface area (Å²) in [7, 11) is 0. The van der Waals surface area contributed by atoms with Crippen LogP contribution in [0.1, 0.15) is 52.1 Å². The van der Waals surface area contributed by atoms with Crippen LogP contribution in [-0.2, 0) is 9.59 Å². The van der Waals surface area contributed by atoms with E-state index in [2.05, 4.69) is 31.3 Å². The van der Waals surface area contributed by atoms with Crippen molar-refractivity contribution >= 4 is 11.8 Å². The number of hydrogen-bond acceptors (Lipinski definition) is 2. The van der Waals surface area contributed by atoms with Crippen LogP contribution in [0.25, 0.3) is 0 Å². The lowest BCUT2D eigenvalue weighted by molar-refractivity contribution is -0.138. The summed E-state index contributed by atoms with van der Waals surface area (Å²) in [6, 6.07) is 10.2. The number of benzene rings is 1. The van der Waals surface area contributed by atoms with Gasteiger partial charge in [-0.25, -0.2) is 0 Å². The van der Waals surface area contributed by atoms with Gasteiger partial charge in [0.2, 0.25) is 11.8 Å². The average Bonchev–Trinajstić information content (AvgIpc) is 2.59. The third kappa shape index (κ3) is 4.59. The smallest absolute Gasteiger partial charge is 0.225 e. The van der Waals surface area contributed by atoms with Crippen molar-refractivity contribution in [1.29, 1.82) is 0 Å². The standard InChI is InChI=1S/C20H30N2O2/c1-14(2)18(16-8-6-5-7-9-16)21-19(23)17-10-12-22(13-11-17)20(24)15(3)4/h5-9,14-15,17-18H,10-13H2,1-4H3,(H,21,23). The van der Waals surface area contributed by atoms with Crippen LogP contribution in [0.3, 0.4) is 0 Å². The third-order valence-corrected chi connectivity index (χ3v) is 4.79. The molecule has 2 rings (SSSR count). The van der Waals surface area contributed by atoms with Crippen molar-refractivity contribution in [3.8, 4) is 0 Å². The van der Waals surface area contributed by atoms with Gasteiger partial charge < -0.3 is 10.2 Å². The number of carbonyl (C=O) groups is 2. The minimum atomic E-state index is 0.00572. The van der Waals surface area contributed by atoms with Crippen LogP contribution in [0.5, 0.6) is 0 Å². The number of carbonyl (C=O) groups excluding carboxylic acids is 2. The maximum absolute atomic E-state index is 12.7. The van der Waals surface area contributed by atoms with Crippen LogP contribution in [0.15, 0.2) is 30.3 Å². The molecule has 0 aromatic heterocycles. The van der Waals surface area contributed by atoms with E-state index in [4.69, 9.17) is 0 Å². The number of nitrogens with zero attached hydrogens (tertiary/aromatic N) is 1. The fourth-order valence-corrected chi connectivity index (χ4v) is 3.29. The van der Waals surface area contributed by atoms with Gasteiger partial charge in [0.15, 0.2) is 0 Å². The molecule has 132 valence electrons. The van der Waals surface area contributed by atoms with Gasteiger partial charge in [0, 0.05) is 24.9 Å². The first-order valence-corrected chi connectivity index (χ1v) is 9.04. The van der Waals surface area contributed by atoms with Gasteiger partial charge in [-0.1, -0.05) is 58.0 Å². The van der Waals surface area contributed by atoms with E-state index in [0.717, 1.165) is 18.4 Å². The molecule has 1 atom stereocenters. The predicted octanol–water partition coefficient (Wildman–Crippen LogP) is 3.39. The molecule has 1 N–H and O–H groups in total. The Hall–Kier alpha value is -1.84. The summed E-state index contributed by atoms with van der Waals surface area (Å²) in [5.74, 6) is 0.677. The molecule has 1 aliphatic heterocycles. The molecule has 0 bridgehead atoms. The summed E-state index contributed by atoms with van der Waals surface area (Å²) in [5, 5.41) is 3.23. The molecule has 4 nitrogen and oxygen atoms in total. The topological polar surface area (TPSA) is 49.4 Å². The molecule has 1 saturated heterocycles. The van der Waals surface area contributed by atoms with E-state index in [-0.39, 0.29) is 29.7 Å². The Labute approximate surface area is 145 Å². The van der Waals surface area contributed by atoms with Crippen molar-refractivity contribution in [3.63, 3.8) is 0 Å². The summed E-state index contributed by atoms with van der Waals surface area (Å²) in [6.45, 7) is 9.48. The first-order chi connectivity index (χ1) is 11.4. The highest BCUT2D eigenvalue weighted by atomic mass is 16.2. The zero-order valence-corrected chi connectivity index (χ0v) is 15.3. The highest BCUT2D eigenvalue weighted by Crippen LogP contribution is 2.24. The largest absolute Gasteiger partial charge is 0.349 e. The van der Waals surface area contributed by atoms with Gasteiger partial charge in [-0.05, 0) is 24.3 Å². The lowest BCUT2D eigenvalue weighted by Crippen LogP contribution is -2.45. The fraction of sp³-hybridized carbons (Fsp3) is 0.600. The Morgan fingerprint density at radius 1 is 1.04 bits per heavy atom. The van der Waals surface area contributed by atoms with E-state index in [9.17, 15) is 9.59 Å². The predicted molar refractivity (Wildman–Crippen MR) is 96.3 cm³/mol. The van der Waals surface area contributed by atoms with Crippen molar-refractivity contribution in [2.75, 3.05) is 13.1 Å². The number of likely N-dealkylation sites (tertiary alicyclic amines) is 1. The lowest BCUT2D eigenvalue weighted by Gasteiger charge is -2.33. The summed E-state index contributed by atoms with van der Waals surface area (Å²) >= 11 is 0. The molecular weight excluding hydrogens is 300 g/mol. The van der Waals surface area contributed by atoms with Crippen molar-refractivity contribution < 1.29 is 9.59 Å². The summed E-state index contributed by atoms with van der Waals surface area (Å²) in [6.07, 6.45) is 1.51. The van der Waals surface area contributed by atoms with E-state index in [0.29, 0.717) is 19.0 Å². The molecule has 1 unspecified atom stereocenters. The van der Waals surface area contributed by atoms with E-state index in [1.807, 2.05) is 36.9 Å². The fourth-order valence-electron chi connectivity index (χ4n) is 3.29. The van der Waals surface area contributed by atoms with Crippen LogP contribution < -0.4 is 5.32 Å². The molecule has 1 aliphatic rings. The minimum absolute atomic E-state index is 0.00572. The molecule has 0 radical (unpaired) electrons. The van der Waals surface area contributed by atoms with Gasteiger partial charge in [-0.3, -0.25) is 9.59 Å². The van der Waals surface area contributed by atoms with Gasteiger partial charge >= 0.3 is 0 Å². The Morgan fingerprint density at radius 3 is 2.12 bits per heavy atom. The minimum Gasteiger partial charge on any atom is -0.349 e. The van der Waals surface area contributed by atoms with E-state index < -0.39 is 0 Å². The first kappa shape index (κ1) is 18.5. The Morgan fingerprint density at radius 2 is 1.62 bits per heavy atom. The number of amides is 2. The number of nitrogens with one attached hydrogen (secondary N) is 1. The molecule has 0 aliphatic carbocycles. The van der Waals surface area contributed by atoms with Gasteiger partial charge in [0.1, 0.15) is 0 Å². The highest BCUT2D eigenvalue weighted by molar-refractivity contribution is 5.81. The number of rotatable bonds is 5. The van der Waals surface area contributed by atoms with Crippen LogP contribution >= 0.6 is 0 Å². The van der Waals surface area contributed by atoms with E-state index in [1.165, 1.54) is 0 Å². The van der Waals surface area contributed by atoms with Gasteiger partial charge in [0.05, 0.1) is 6.04 Å². The van der Waals surface area contributed by atoms with Crippen molar-refractivity contribution in [3.05, 3.63) is 35.9 Å². The SMILES string of the molecule is CC(C)C(=O)N1CCC(C(=O)NC(c2ccccc2)C(C)C)CC1. The summed E-state index contributed by atoms with van der Waals surface area (Å²) in [5.41, 5.74) is 1.15. The molecule has 1 aromatic carbocycles. The second-order valence-electron chi connectivity index (χ2n) is 7.40. The summed E-state index contributed by atoms with van der Waals surface area (Å²) in [4.78, 5) is 26.6. The van der Waals surface area contributed by atoms with E-state index in [1.54, 1.807) is 0 Å². The third-order valence-electron chi connectivity index (χ3n) is 4.79. The summed E-state index contributed by atoms with van der Waals surface area (Å²) < 4.78 is 0. The van der Waals surface area contributed by atoms with Gasteiger partial charge in [-0.2, -0.15) is 0 Å². The first-order valence-electron chi connectivity index (χ1n) is 9.04. The molecule has 1 aromatic rings. The van der Waals surface area contributed by atoms with Crippen LogP contribution in [-0.4, -0.2) is 29.8 Å². The second-order valence-corrected chi connectivity index (χ2v) is 7.40. The zero-order valence-electron chi connectivity index (χ0n) is 15.3. The zero-order chi connectivity index (χ0) is 17.7. The molecule has 1 fully saturated rings. The lowest BCUT2D eigenvalue weighted by atomic mass is 9.92. The molecule has 4 heteroatoms. The number of piperidine rings is 1. The van der Waals surface area contributed by atoms with E-state index >= 15 is 0 Å². The Bertz CT molecular complexity index is 546. The highest BCUT2D eigenvalue weighted by Gasteiger charge is 2.30. The van der Waals surface area contributed by atoms with Gasteiger partial charge in [-0.15, -0.1) is 0 Å². The Kier molecular flexibility index (Phi) is 6.41. The molecule has 0 spiro atoms. The normalized spacial score (nSPS) is 17.2. The average molecular weight is 330 g/mol. The molecule has 0 saturated carbocycles. The molecule has 1 heterocycles. The van der Waals surface area contributed by atoms with Crippen molar-refractivity contribution in [2.24, 2.45) is 17.8 Å². The van der Waals surface area contributed by atoms with Crippen LogP contribution in [0.4, 0.5) is 0 Å². The monoisotopic (exact) mass is 330 g/mol. The quantitative estimate of drug-likeness (QED) is 0.899. The van der Waals surface area contributed by atoms with Crippen LogP contribution in [0.2, 0.25) is 0 Å².